The van der Waals surface area contributed by atoms with Crippen LogP contribution in [0.4, 0.5) is 0 Å². The van der Waals surface area contributed by atoms with Crippen LogP contribution < -0.4 is 0 Å². The summed E-state index contributed by atoms with van der Waals surface area (Å²) in [4.78, 5) is 21.5. The lowest BCUT2D eigenvalue weighted by molar-refractivity contribution is 0.0624. The van der Waals surface area contributed by atoms with Gasteiger partial charge in [0, 0.05) is 38.1 Å². The highest BCUT2D eigenvalue weighted by Crippen LogP contribution is 2.30. The molecule has 134 valence electrons. The molecule has 0 spiro atoms. The van der Waals surface area contributed by atoms with Crippen molar-refractivity contribution in [1.82, 2.24) is 14.8 Å². The van der Waals surface area contributed by atoms with Gasteiger partial charge in [-0.15, -0.1) is 11.3 Å². The lowest BCUT2D eigenvalue weighted by atomic mass is 10.1. The number of hydrogen-bond donors (Lipinski definition) is 1. The molecule has 1 aliphatic rings. The smallest absolute Gasteiger partial charge is 0.257 e. The number of aromatic hydroxyl groups is 1. The van der Waals surface area contributed by atoms with Crippen LogP contribution in [-0.4, -0.2) is 52.0 Å². The number of nitrogens with zero attached hydrogens (tertiary/aromatic N) is 3. The number of amides is 1. The van der Waals surface area contributed by atoms with Gasteiger partial charge in [0.05, 0.1) is 20.7 Å². The summed E-state index contributed by atoms with van der Waals surface area (Å²) in [6.07, 6.45) is 0.975. The summed E-state index contributed by atoms with van der Waals surface area (Å²) in [5, 5.41) is 13.5. The first-order valence-electron chi connectivity index (χ1n) is 8.42. The number of halogens is 1. The van der Waals surface area contributed by atoms with Gasteiger partial charge in [-0.05, 0) is 47.0 Å². The minimum Gasteiger partial charge on any atom is -0.506 e. The van der Waals surface area contributed by atoms with Crippen LogP contribution in [0.25, 0.3) is 0 Å². The Labute approximate surface area is 160 Å². The Morgan fingerprint density at radius 1 is 1.32 bits per heavy atom. The molecule has 3 rings (SSSR count). The first-order chi connectivity index (χ1) is 12.0. The predicted octanol–water partition coefficient (Wildman–Crippen LogP) is 3.44. The Balaban J connectivity index is 1.61. The van der Waals surface area contributed by atoms with Gasteiger partial charge in [-0.2, -0.15) is 0 Å². The summed E-state index contributed by atoms with van der Waals surface area (Å²) in [6.45, 7) is 7.82. The predicted molar refractivity (Wildman–Crippen MR) is 103 cm³/mol. The van der Waals surface area contributed by atoms with E-state index in [-0.39, 0.29) is 11.7 Å². The van der Waals surface area contributed by atoms with Gasteiger partial charge in [0.25, 0.3) is 5.91 Å². The normalized spacial score (nSPS) is 15.6. The highest BCUT2D eigenvalue weighted by atomic mass is 79.9. The maximum Gasteiger partial charge on any atom is 0.257 e. The van der Waals surface area contributed by atoms with Gasteiger partial charge in [-0.3, -0.25) is 9.69 Å². The number of piperazine rings is 1. The van der Waals surface area contributed by atoms with E-state index in [1.807, 2.05) is 17.9 Å². The highest BCUT2D eigenvalue weighted by molar-refractivity contribution is 9.10. The molecular weight excluding hydrogens is 402 g/mol. The molecule has 1 aliphatic heterocycles. The van der Waals surface area contributed by atoms with Crippen LogP contribution in [0.5, 0.6) is 5.75 Å². The molecule has 1 aromatic carbocycles. The van der Waals surface area contributed by atoms with Crippen molar-refractivity contribution >= 4 is 33.2 Å². The minimum absolute atomic E-state index is 0.0209. The number of hydrogen-bond acceptors (Lipinski definition) is 5. The second-order valence-electron chi connectivity index (χ2n) is 6.30. The Kier molecular flexibility index (Phi) is 5.76. The van der Waals surface area contributed by atoms with Crippen LogP contribution >= 0.6 is 27.3 Å². The molecule has 2 aromatic rings. The fourth-order valence-corrected chi connectivity index (χ4v) is 4.30. The van der Waals surface area contributed by atoms with Gasteiger partial charge >= 0.3 is 0 Å². The molecule has 1 saturated heterocycles. The third kappa shape index (κ3) is 4.22. The van der Waals surface area contributed by atoms with Crippen LogP contribution in [0.15, 0.2) is 22.0 Å². The van der Waals surface area contributed by atoms with Crippen LogP contribution in [-0.2, 0) is 13.0 Å². The number of benzene rings is 1. The van der Waals surface area contributed by atoms with Crippen LogP contribution in [0.3, 0.4) is 0 Å². The van der Waals surface area contributed by atoms with Crippen molar-refractivity contribution in [2.75, 3.05) is 26.2 Å². The molecule has 0 radical (unpaired) electrons. The van der Waals surface area contributed by atoms with E-state index in [1.165, 1.54) is 5.01 Å². The average Bonchev–Trinajstić information content (AvgIpc) is 3.06. The number of rotatable bonds is 4. The van der Waals surface area contributed by atoms with Crippen molar-refractivity contribution in [3.05, 3.63) is 43.8 Å². The summed E-state index contributed by atoms with van der Waals surface area (Å²) in [5.41, 5.74) is 2.43. The molecule has 1 amide bonds. The van der Waals surface area contributed by atoms with E-state index in [4.69, 9.17) is 0 Å². The van der Waals surface area contributed by atoms with Gasteiger partial charge < -0.3 is 10.0 Å². The molecule has 2 heterocycles. The number of phenolic OH excluding ortho intramolecular Hbond substituents is 1. The molecule has 0 unspecified atom stereocenters. The SMILES string of the molecule is CCc1nc(CN2CCN(C(=O)c3cc(C)cc(Br)c3O)CC2)cs1. The summed E-state index contributed by atoms with van der Waals surface area (Å²) >= 11 is 5.02. The molecule has 0 atom stereocenters. The topological polar surface area (TPSA) is 56.7 Å². The zero-order chi connectivity index (χ0) is 18.0. The second kappa shape index (κ2) is 7.85. The Morgan fingerprint density at radius 2 is 2.04 bits per heavy atom. The van der Waals surface area contributed by atoms with Gasteiger partial charge in [-0.1, -0.05) is 6.92 Å². The third-order valence-electron chi connectivity index (χ3n) is 4.39. The van der Waals surface area contributed by atoms with Crippen LogP contribution in [0.1, 0.15) is 33.5 Å². The Hall–Kier alpha value is -1.44. The van der Waals surface area contributed by atoms with E-state index in [1.54, 1.807) is 17.4 Å². The number of aryl methyl sites for hydroxylation is 2. The summed E-state index contributed by atoms with van der Waals surface area (Å²) in [7, 11) is 0. The van der Waals surface area contributed by atoms with Crippen LogP contribution in [0.2, 0.25) is 0 Å². The van der Waals surface area contributed by atoms with Crippen molar-refractivity contribution < 1.29 is 9.90 Å². The zero-order valence-corrected chi connectivity index (χ0v) is 16.9. The third-order valence-corrected chi connectivity index (χ3v) is 6.03. The number of aromatic nitrogens is 1. The standard InChI is InChI=1S/C18H22BrN3O2S/c1-3-16-20-13(11-25-16)10-21-4-6-22(7-5-21)18(24)14-8-12(2)9-15(19)17(14)23/h8-9,11,23H,3-7,10H2,1-2H3. The maximum atomic E-state index is 12.7. The van der Waals surface area contributed by atoms with Crippen LogP contribution in [0, 0.1) is 6.92 Å². The molecule has 0 saturated carbocycles. The van der Waals surface area contributed by atoms with Crippen molar-refractivity contribution in [2.45, 2.75) is 26.8 Å². The molecule has 0 bridgehead atoms. The fourth-order valence-electron chi connectivity index (χ4n) is 2.99. The highest BCUT2D eigenvalue weighted by Gasteiger charge is 2.25. The summed E-state index contributed by atoms with van der Waals surface area (Å²) < 4.78 is 0.560. The first-order valence-corrected chi connectivity index (χ1v) is 10.1. The zero-order valence-electron chi connectivity index (χ0n) is 14.5. The quantitative estimate of drug-likeness (QED) is 0.817. The monoisotopic (exact) mass is 423 g/mol. The second-order valence-corrected chi connectivity index (χ2v) is 8.09. The van der Waals surface area contributed by atoms with E-state index < -0.39 is 0 Å². The Morgan fingerprint density at radius 3 is 2.68 bits per heavy atom. The van der Waals surface area contributed by atoms with E-state index in [0.29, 0.717) is 23.1 Å². The molecular formula is C18H22BrN3O2S. The van der Waals surface area contributed by atoms with Gasteiger partial charge in [0.1, 0.15) is 5.75 Å². The molecule has 1 fully saturated rings. The van der Waals surface area contributed by atoms with Gasteiger partial charge in [0.15, 0.2) is 0 Å². The average molecular weight is 424 g/mol. The van der Waals surface area contributed by atoms with E-state index in [2.05, 4.69) is 38.1 Å². The van der Waals surface area contributed by atoms with E-state index in [0.717, 1.165) is 37.3 Å². The van der Waals surface area contributed by atoms with E-state index in [9.17, 15) is 9.90 Å². The lowest BCUT2D eigenvalue weighted by Gasteiger charge is -2.34. The first kappa shape index (κ1) is 18.4. The largest absolute Gasteiger partial charge is 0.506 e. The molecule has 1 aromatic heterocycles. The number of carbonyl (C=O) groups excluding carboxylic acids is 1. The van der Waals surface area contributed by atoms with Crippen molar-refractivity contribution in [1.29, 1.82) is 0 Å². The van der Waals surface area contributed by atoms with Gasteiger partial charge in [0.2, 0.25) is 0 Å². The molecule has 0 aliphatic carbocycles. The Bertz CT molecular complexity index is 770. The number of carbonyl (C=O) groups is 1. The van der Waals surface area contributed by atoms with Gasteiger partial charge in [-0.25, -0.2) is 4.98 Å². The molecule has 5 nitrogen and oxygen atoms in total. The summed E-state index contributed by atoms with van der Waals surface area (Å²) in [5.74, 6) is -0.0870. The molecule has 1 N–H and O–H groups in total. The van der Waals surface area contributed by atoms with Crippen molar-refractivity contribution in [2.24, 2.45) is 0 Å². The number of phenols is 1. The molecule has 25 heavy (non-hydrogen) atoms. The maximum absolute atomic E-state index is 12.7. The number of thiazole rings is 1. The minimum atomic E-state index is -0.108. The van der Waals surface area contributed by atoms with Crippen molar-refractivity contribution in [3.63, 3.8) is 0 Å². The lowest BCUT2D eigenvalue weighted by Crippen LogP contribution is -2.48. The van der Waals surface area contributed by atoms with E-state index >= 15 is 0 Å². The van der Waals surface area contributed by atoms with Crippen molar-refractivity contribution in [3.8, 4) is 5.75 Å². The molecule has 7 heteroatoms. The summed E-state index contributed by atoms with van der Waals surface area (Å²) in [6, 6.07) is 3.55. The fraction of sp³-hybridized carbons (Fsp3) is 0.444.